The van der Waals surface area contributed by atoms with Gasteiger partial charge in [-0.3, -0.25) is 4.79 Å². The number of H-pyrrole nitrogens is 2. The zero-order chi connectivity index (χ0) is 22.2. The van der Waals surface area contributed by atoms with E-state index in [9.17, 15) is 4.79 Å². The fourth-order valence-electron chi connectivity index (χ4n) is 5.14. The molecule has 6 rings (SSSR count). The van der Waals surface area contributed by atoms with Crippen LogP contribution in [-0.2, 0) is 12.8 Å². The first-order valence-corrected chi connectivity index (χ1v) is 11.4. The maximum absolute atomic E-state index is 13.2. The van der Waals surface area contributed by atoms with Crippen molar-refractivity contribution in [1.29, 1.82) is 0 Å². The normalized spacial score (nSPS) is 20.4. The van der Waals surface area contributed by atoms with Crippen molar-refractivity contribution in [3.63, 3.8) is 0 Å². The Bertz CT molecular complexity index is 1280. The van der Waals surface area contributed by atoms with Crippen molar-refractivity contribution in [1.82, 2.24) is 29.9 Å². The molecule has 0 bridgehead atoms. The minimum absolute atomic E-state index is 0.0320. The minimum Gasteiger partial charge on any atom is -0.491 e. The molecule has 2 atom stereocenters. The Labute approximate surface area is 190 Å². The summed E-state index contributed by atoms with van der Waals surface area (Å²) in [7, 11) is 0. The number of hydrogen-bond acceptors (Lipinski definition) is 7. The third kappa shape index (κ3) is 3.63. The van der Waals surface area contributed by atoms with Crippen LogP contribution in [0, 0.1) is 5.92 Å². The van der Waals surface area contributed by atoms with Crippen molar-refractivity contribution < 1.29 is 9.53 Å². The summed E-state index contributed by atoms with van der Waals surface area (Å²) in [5.41, 5.74) is 4.28. The summed E-state index contributed by atoms with van der Waals surface area (Å²) in [6.45, 7) is 1.45. The van der Waals surface area contributed by atoms with Gasteiger partial charge in [-0.1, -0.05) is 12.1 Å². The lowest BCUT2D eigenvalue weighted by Gasteiger charge is -2.28. The molecule has 1 saturated heterocycles. The highest BCUT2D eigenvalue weighted by atomic mass is 16.5. The number of imidazole rings is 2. The zero-order valence-electron chi connectivity index (χ0n) is 18.2. The number of hydrogen-bond donors (Lipinski definition) is 2. The second-order valence-electron chi connectivity index (χ2n) is 8.74. The number of benzene rings is 1. The lowest BCUT2D eigenvalue weighted by molar-refractivity contribution is 0.0899. The Kier molecular flexibility index (Phi) is 5.01. The first kappa shape index (κ1) is 19.9. The number of aromatic nitrogens is 6. The lowest BCUT2D eigenvalue weighted by Crippen LogP contribution is -2.35. The number of ketones is 1. The number of nitrogens with one attached hydrogen (secondary N) is 2. The van der Waals surface area contributed by atoms with E-state index in [1.54, 1.807) is 19.0 Å². The number of rotatable bonds is 6. The van der Waals surface area contributed by atoms with Crippen LogP contribution < -0.4 is 9.64 Å². The second-order valence-corrected chi connectivity index (χ2v) is 8.74. The van der Waals surface area contributed by atoms with Gasteiger partial charge in [-0.05, 0) is 31.7 Å². The SMILES string of the molecule is O=C1c2cccc(OC[C@H]3CCCN3c3ncnc4[nH]cnc34)c2CC[C@@H]1Cc1c[nH]cn1. The molecule has 0 amide bonds. The van der Waals surface area contributed by atoms with Gasteiger partial charge in [0, 0.05) is 36.2 Å². The summed E-state index contributed by atoms with van der Waals surface area (Å²) in [4.78, 5) is 38.9. The number of fused-ring (bicyclic) bond motifs is 2. The first-order valence-electron chi connectivity index (χ1n) is 11.4. The molecule has 1 aliphatic carbocycles. The molecule has 33 heavy (non-hydrogen) atoms. The number of nitrogens with zero attached hydrogens (tertiary/aromatic N) is 5. The van der Waals surface area contributed by atoms with Crippen LogP contribution in [0.4, 0.5) is 5.82 Å². The van der Waals surface area contributed by atoms with Gasteiger partial charge in [0.1, 0.15) is 24.2 Å². The highest BCUT2D eigenvalue weighted by Gasteiger charge is 2.31. The van der Waals surface area contributed by atoms with Crippen molar-refractivity contribution in [3.8, 4) is 5.75 Å². The van der Waals surface area contributed by atoms with Gasteiger partial charge in [0.2, 0.25) is 0 Å². The smallest absolute Gasteiger partial charge is 0.166 e. The van der Waals surface area contributed by atoms with Crippen molar-refractivity contribution in [2.45, 2.75) is 38.1 Å². The molecular weight excluding hydrogens is 418 g/mol. The Balaban J connectivity index is 1.19. The highest BCUT2D eigenvalue weighted by molar-refractivity contribution is 6.01. The van der Waals surface area contributed by atoms with E-state index >= 15 is 0 Å². The molecule has 0 saturated carbocycles. The molecular formula is C24H25N7O2. The summed E-state index contributed by atoms with van der Waals surface area (Å²) < 4.78 is 6.34. The van der Waals surface area contributed by atoms with Crippen LogP contribution in [0.25, 0.3) is 11.2 Å². The van der Waals surface area contributed by atoms with E-state index in [1.165, 1.54) is 0 Å². The van der Waals surface area contributed by atoms with Crippen molar-refractivity contribution in [2.75, 3.05) is 18.1 Å². The average Bonchev–Trinajstić information content (AvgIpc) is 3.61. The predicted octanol–water partition coefficient (Wildman–Crippen LogP) is 3.11. The van der Waals surface area contributed by atoms with Crippen LogP contribution in [-0.4, -0.2) is 54.9 Å². The summed E-state index contributed by atoms with van der Waals surface area (Å²) >= 11 is 0. The third-order valence-electron chi connectivity index (χ3n) is 6.80. The summed E-state index contributed by atoms with van der Waals surface area (Å²) in [6.07, 6.45) is 11.2. The van der Waals surface area contributed by atoms with Crippen LogP contribution in [0.3, 0.4) is 0 Å². The molecule has 9 nitrogen and oxygen atoms in total. The van der Waals surface area contributed by atoms with Gasteiger partial charge in [0.05, 0.1) is 24.4 Å². The second kappa shape index (κ2) is 8.31. The summed E-state index contributed by atoms with van der Waals surface area (Å²) in [6, 6.07) is 6.03. The number of carbonyl (C=O) groups is 1. The predicted molar refractivity (Wildman–Crippen MR) is 122 cm³/mol. The Hall–Kier alpha value is -3.75. The van der Waals surface area contributed by atoms with Gasteiger partial charge in [-0.15, -0.1) is 0 Å². The third-order valence-corrected chi connectivity index (χ3v) is 6.80. The molecule has 1 aliphatic heterocycles. The number of Topliss-reactive ketones (excluding diaryl/α,β-unsaturated/α-hetero) is 1. The van der Waals surface area contributed by atoms with Gasteiger partial charge >= 0.3 is 0 Å². The van der Waals surface area contributed by atoms with Gasteiger partial charge in [0.15, 0.2) is 17.2 Å². The molecule has 2 aliphatic rings. The molecule has 0 spiro atoms. The quantitative estimate of drug-likeness (QED) is 0.471. The van der Waals surface area contributed by atoms with E-state index in [2.05, 4.69) is 34.8 Å². The molecule has 1 fully saturated rings. The molecule has 4 aromatic rings. The van der Waals surface area contributed by atoms with Gasteiger partial charge in [-0.25, -0.2) is 19.9 Å². The Morgan fingerprint density at radius 2 is 2.09 bits per heavy atom. The number of ether oxygens (including phenoxy) is 1. The lowest BCUT2D eigenvalue weighted by atomic mass is 9.80. The topological polar surface area (TPSA) is 113 Å². The molecule has 2 N–H and O–H groups in total. The molecule has 9 heteroatoms. The monoisotopic (exact) mass is 443 g/mol. The van der Waals surface area contributed by atoms with Crippen LogP contribution >= 0.6 is 0 Å². The van der Waals surface area contributed by atoms with E-state index < -0.39 is 0 Å². The number of anilines is 1. The van der Waals surface area contributed by atoms with E-state index in [0.717, 1.165) is 71.8 Å². The van der Waals surface area contributed by atoms with E-state index in [0.29, 0.717) is 13.0 Å². The van der Waals surface area contributed by atoms with Crippen LogP contribution in [0.5, 0.6) is 5.75 Å². The van der Waals surface area contributed by atoms with Crippen LogP contribution in [0.2, 0.25) is 0 Å². The highest BCUT2D eigenvalue weighted by Crippen LogP contribution is 2.34. The van der Waals surface area contributed by atoms with Gasteiger partial charge in [-0.2, -0.15) is 0 Å². The van der Waals surface area contributed by atoms with Gasteiger partial charge < -0.3 is 19.6 Å². The first-order chi connectivity index (χ1) is 16.3. The fourth-order valence-corrected chi connectivity index (χ4v) is 5.14. The average molecular weight is 444 g/mol. The molecule has 0 radical (unpaired) electrons. The van der Waals surface area contributed by atoms with E-state index in [1.807, 2.05) is 24.4 Å². The van der Waals surface area contributed by atoms with Crippen LogP contribution in [0.15, 0.2) is 43.4 Å². The van der Waals surface area contributed by atoms with Crippen molar-refractivity contribution in [3.05, 3.63) is 60.2 Å². The van der Waals surface area contributed by atoms with Crippen LogP contribution in [0.1, 0.15) is 40.9 Å². The number of carbonyl (C=O) groups excluding carboxylic acids is 1. The Morgan fingerprint density at radius 1 is 1.12 bits per heavy atom. The molecule has 3 aromatic heterocycles. The fraction of sp³-hybridized carbons (Fsp3) is 0.375. The summed E-state index contributed by atoms with van der Waals surface area (Å²) in [5.74, 6) is 1.82. The van der Waals surface area contributed by atoms with Gasteiger partial charge in [0.25, 0.3) is 0 Å². The molecule has 1 aromatic carbocycles. The number of aromatic amines is 2. The Morgan fingerprint density at radius 3 is 3.00 bits per heavy atom. The van der Waals surface area contributed by atoms with E-state index in [4.69, 9.17) is 4.74 Å². The van der Waals surface area contributed by atoms with Crippen molar-refractivity contribution in [2.24, 2.45) is 5.92 Å². The molecule has 168 valence electrons. The largest absolute Gasteiger partial charge is 0.491 e. The maximum atomic E-state index is 13.2. The maximum Gasteiger partial charge on any atom is 0.166 e. The molecule has 0 unspecified atom stereocenters. The van der Waals surface area contributed by atoms with Crippen molar-refractivity contribution >= 4 is 22.8 Å². The zero-order valence-corrected chi connectivity index (χ0v) is 18.2. The minimum atomic E-state index is -0.0320. The standard InChI is InChI=1S/C24H25N7O2/c32-22-15(9-16-10-25-12-26-16)6-7-18-19(22)4-1-5-20(18)33-11-17-3-2-8-31(17)24-21-23(28-13-27-21)29-14-30-24/h1,4-5,10,12-15,17H,2-3,6-9,11H2,(H,25,26)(H,27,28,29,30)/t15-,17-/m1/s1. The summed E-state index contributed by atoms with van der Waals surface area (Å²) in [5, 5.41) is 0. The van der Waals surface area contributed by atoms with E-state index in [-0.39, 0.29) is 17.7 Å². The molecule has 4 heterocycles.